The van der Waals surface area contributed by atoms with Gasteiger partial charge in [0.05, 0.1) is 5.52 Å². The van der Waals surface area contributed by atoms with Crippen LogP contribution < -0.4 is 15.5 Å². The molecule has 7 heteroatoms. The molecule has 3 aromatic rings. The highest BCUT2D eigenvalue weighted by Gasteiger charge is 2.32. The summed E-state index contributed by atoms with van der Waals surface area (Å²) in [5.74, 6) is 0.604. The molecule has 1 fully saturated rings. The molecule has 28 heavy (non-hydrogen) atoms. The largest absolute Gasteiger partial charge is 0.344 e. The fraction of sp³-hybridized carbons (Fsp3) is 0.238. The van der Waals surface area contributed by atoms with Crippen LogP contribution in [0.5, 0.6) is 0 Å². The molecule has 7 nitrogen and oxygen atoms in total. The van der Waals surface area contributed by atoms with E-state index >= 15 is 0 Å². The Hall–Kier alpha value is -3.48. The van der Waals surface area contributed by atoms with Crippen LogP contribution in [0.1, 0.15) is 19.8 Å². The van der Waals surface area contributed by atoms with Gasteiger partial charge in [-0.1, -0.05) is 12.1 Å². The van der Waals surface area contributed by atoms with Gasteiger partial charge >= 0.3 is 0 Å². The van der Waals surface area contributed by atoms with Gasteiger partial charge in [-0.2, -0.15) is 0 Å². The molecule has 0 aliphatic carbocycles. The minimum absolute atomic E-state index is 0.0625. The van der Waals surface area contributed by atoms with Crippen molar-refractivity contribution >= 4 is 39.9 Å². The normalized spacial score (nSPS) is 16.2. The molecule has 1 unspecified atom stereocenters. The highest BCUT2D eigenvalue weighted by atomic mass is 16.2. The standard InChI is InChI=1S/C21H21N5O2/c1-14(27)24-15-8-10-16(11-9-15)25-21(28)19-7-4-12-26(19)20-17-5-2-3-6-18(17)22-13-23-20/h2-3,5-6,8-11,13,19H,4,7,12H2,1H3,(H,24,27)(H,25,28). The lowest BCUT2D eigenvalue weighted by molar-refractivity contribution is -0.117. The number of fused-ring (bicyclic) bond motifs is 1. The average Bonchev–Trinajstić information content (AvgIpc) is 3.18. The molecule has 0 bridgehead atoms. The van der Waals surface area contributed by atoms with Gasteiger partial charge in [0.25, 0.3) is 0 Å². The Kier molecular flexibility index (Phi) is 4.89. The number of para-hydroxylation sites is 1. The van der Waals surface area contributed by atoms with Gasteiger partial charge in [0.15, 0.2) is 0 Å². The molecule has 2 N–H and O–H groups in total. The molecule has 0 saturated carbocycles. The molecule has 2 amide bonds. The van der Waals surface area contributed by atoms with Gasteiger partial charge in [-0.3, -0.25) is 9.59 Å². The van der Waals surface area contributed by atoms with E-state index in [0.717, 1.165) is 36.1 Å². The third-order valence-corrected chi connectivity index (χ3v) is 4.82. The topological polar surface area (TPSA) is 87.2 Å². The Bertz CT molecular complexity index is 1010. The molecule has 1 aromatic heterocycles. The number of benzene rings is 2. The van der Waals surface area contributed by atoms with Crippen molar-refractivity contribution in [3.63, 3.8) is 0 Å². The van der Waals surface area contributed by atoms with Crippen molar-refractivity contribution in [2.45, 2.75) is 25.8 Å². The van der Waals surface area contributed by atoms with Crippen molar-refractivity contribution in [3.8, 4) is 0 Å². The summed E-state index contributed by atoms with van der Waals surface area (Å²) in [5, 5.41) is 6.64. The van der Waals surface area contributed by atoms with E-state index in [1.165, 1.54) is 6.92 Å². The molecule has 2 aromatic carbocycles. The zero-order valence-corrected chi connectivity index (χ0v) is 15.6. The second-order valence-corrected chi connectivity index (χ2v) is 6.81. The number of carbonyl (C=O) groups is 2. The first kappa shape index (κ1) is 17.9. The number of aromatic nitrogens is 2. The zero-order valence-electron chi connectivity index (χ0n) is 15.6. The fourth-order valence-corrected chi connectivity index (χ4v) is 3.58. The van der Waals surface area contributed by atoms with Crippen LogP contribution in [-0.2, 0) is 9.59 Å². The summed E-state index contributed by atoms with van der Waals surface area (Å²) < 4.78 is 0. The van der Waals surface area contributed by atoms with Crippen LogP contribution >= 0.6 is 0 Å². The van der Waals surface area contributed by atoms with Crippen molar-refractivity contribution in [2.24, 2.45) is 0 Å². The molecule has 1 aliphatic rings. The van der Waals surface area contributed by atoms with Crippen LogP contribution in [0.2, 0.25) is 0 Å². The van der Waals surface area contributed by atoms with Crippen molar-refractivity contribution in [1.82, 2.24) is 9.97 Å². The lowest BCUT2D eigenvalue weighted by Gasteiger charge is -2.25. The summed E-state index contributed by atoms with van der Waals surface area (Å²) in [5.41, 5.74) is 2.26. The Balaban J connectivity index is 1.53. The molecule has 2 heterocycles. The van der Waals surface area contributed by atoms with E-state index < -0.39 is 0 Å². The Morgan fingerprint density at radius 2 is 1.71 bits per heavy atom. The smallest absolute Gasteiger partial charge is 0.247 e. The monoisotopic (exact) mass is 375 g/mol. The number of carbonyl (C=O) groups excluding carboxylic acids is 2. The summed E-state index contributed by atoms with van der Waals surface area (Å²) >= 11 is 0. The van der Waals surface area contributed by atoms with Crippen LogP contribution in [0, 0.1) is 0 Å². The van der Waals surface area contributed by atoms with Gasteiger partial charge in [-0.15, -0.1) is 0 Å². The van der Waals surface area contributed by atoms with Gasteiger partial charge in [-0.25, -0.2) is 9.97 Å². The first-order valence-electron chi connectivity index (χ1n) is 9.27. The second kappa shape index (κ2) is 7.64. The number of rotatable bonds is 4. The predicted octanol–water partition coefficient (Wildman–Crippen LogP) is 3.20. The molecule has 1 atom stereocenters. The predicted molar refractivity (Wildman–Crippen MR) is 109 cm³/mol. The molecule has 142 valence electrons. The van der Waals surface area contributed by atoms with Crippen molar-refractivity contribution in [3.05, 3.63) is 54.9 Å². The third-order valence-electron chi connectivity index (χ3n) is 4.82. The van der Waals surface area contributed by atoms with E-state index in [1.807, 2.05) is 24.3 Å². The number of nitrogens with one attached hydrogen (secondary N) is 2. The minimum atomic E-state index is -0.284. The maximum absolute atomic E-state index is 12.9. The molecule has 0 spiro atoms. The lowest BCUT2D eigenvalue weighted by Crippen LogP contribution is -2.40. The highest BCUT2D eigenvalue weighted by molar-refractivity contribution is 5.99. The summed E-state index contributed by atoms with van der Waals surface area (Å²) in [7, 11) is 0. The Morgan fingerprint density at radius 1 is 1.00 bits per heavy atom. The molecule has 1 saturated heterocycles. The van der Waals surface area contributed by atoms with Gasteiger partial charge in [0, 0.05) is 30.2 Å². The van der Waals surface area contributed by atoms with Gasteiger partial charge in [0.2, 0.25) is 11.8 Å². The van der Waals surface area contributed by atoms with Crippen LogP contribution in [0.3, 0.4) is 0 Å². The van der Waals surface area contributed by atoms with Crippen LogP contribution in [0.25, 0.3) is 10.9 Å². The number of hydrogen-bond donors (Lipinski definition) is 2. The van der Waals surface area contributed by atoms with Crippen molar-refractivity contribution in [1.29, 1.82) is 0 Å². The van der Waals surface area contributed by atoms with Crippen molar-refractivity contribution in [2.75, 3.05) is 22.1 Å². The number of anilines is 3. The minimum Gasteiger partial charge on any atom is -0.344 e. The van der Waals surface area contributed by atoms with E-state index in [0.29, 0.717) is 11.4 Å². The van der Waals surface area contributed by atoms with Gasteiger partial charge in [0.1, 0.15) is 18.2 Å². The average molecular weight is 375 g/mol. The summed E-state index contributed by atoms with van der Waals surface area (Å²) in [6, 6.07) is 14.6. The molecule has 0 radical (unpaired) electrons. The SMILES string of the molecule is CC(=O)Nc1ccc(NC(=O)C2CCCN2c2ncnc3ccccc23)cc1. The molecular weight excluding hydrogens is 354 g/mol. The summed E-state index contributed by atoms with van der Waals surface area (Å²) in [6.45, 7) is 2.24. The molecule has 4 rings (SSSR count). The van der Waals surface area contributed by atoms with Crippen LogP contribution in [-0.4, -0.2) is 34.4 Å². The van der Waals surface area contributed by atoms with E-state index in [4.69, 9.17) is 0 Å². The third kappa shape index (κ3) is 3.64. The quantitative estimate of drug-likeness (QED) is 0.731. The van der Waals surface area contributed by atoms with E-state index in [1.54, 1.807) is 30.6 Å². The van der Waals surface area contributed by atoms with E-state index in [2.05, 4.69) is 25.5 Å². The van der Waals surface area contributed by atoms with Gasteiger partial charge in [-0.05, 0) is 49.2 Å². The van der Waals surface area contributed by atoms with Gasteiger partial charge < -0.3 is 15.5 Å². The second-order valence-electron chi connectivity index (χ2n) is 6.81. The molecular formula is C21H21N5O2. The van der Waals surface area contributed by atoms with Crippen LogP contribution in [0.4, 0.5) is 17.2 Å². The maximum Gasteiger partial charge on any atom is 0.247 e. The van der Waals surface area contributed by atoms with E-state index in [-0.39, 0.29) is 17.9 Å². The first-order chi connectivity index (χ1) is 13.6. The highest BCUT2D eigenvalue weighted by Crippen LogP contribution is 2.30. The lowest BCUT2D eigenvalue weighted by atomic mass is 10.1. The van der Waals surface area contributed by atoms with E-state index in [9.17, 15) is 9.59 Å². The fourth-order valence-electron chi connectivity index (χ4n) is 3.58. The number of nitrogens with zero attached hydrogens (tertiary/aromatic N) is 3. The first-order valence-corrected chi connectivity index (χ1v) is 9.27. The number of hydrogen-bond acceptors (Lipinski definition) is 5. The summed E-state index contributed by atoms with van der Waals surface area (Å²) in [4.78, 5) is 34.9. The van der Waals surface area contributed by atoms with Crippen molar-refractivity contribution < 1.29 is 9.59 Å². The Morgan fingerprint density at radius 3 is 2.46 bits per heavy atom. The zero-order chi connectivity index (χ0) is 19.5. The number of amides is 2. The molecule has 1 aliphatic heterocycles. The summed E-state index contributed by atoms with van der Waals surface area (Å²) in [6.07, 6.45) is 3.25. The van der Waals surface area contributed by atoms with Crippen LogP contribution in [0.15, 0.2) is 54.9 Å². The maximum atomic E-state index is 12.9. The Labute approximate surface area is 162 Å².